The van der Waals surface area contributed by atoms with E-state index in [1.807, 2.05) is 17.0 Å². The van der Waals surface area contributed by atoms with Gasteiger partial charge in [-0.25, -0.2) is 0 Å². The van der Waals surface area contributed by atoms with E-state index in [1.54, 1.807) is 14.0 Å². The van der Waals surface area contributed by atoms with E-state index in [0.717, 1.165) is 50.3 Å². The number of aromatic nitrogens is 1. The van der Waals surface area contributed by atoms with E-state index in [4.69, 9.17) is 9.72 Å². The molecule has 5 heteroatoms. The lowest BCUT2D eigenvalue weighted by molar-refractivity contribution is -0.130. The zero-order valence-corrected chi connectivity index (χ0v) is 18.2. The number of likely N-dealkylation sites (tertiary alicyclic amines) is 2. The molecule has 0 N–H and O–H groups in total. The number of methoxy groups -OCH3 is 1. The van der Waals surface area contributed by atoms with Crippen molar-refractivity contribution in [3.8, 4) is 5.75 Å². The Morgan fingerprint density at radius 3 is 2.63 bits per heavy atom. The van der Waals surface area contributed by atoms with Gasteiger partial charge in [-0.1, -0.05) is 24.3 Å². The van der Waals surface area contributed by atoms with Gasteiger partial charge in [-0.05, 0) is 50.4 Å². The summed E-state index contributed by atoms with van der Waals surface area (Å²) in [7, 11) is 1.72. The minimum atomic E-state index is 0.209. The van der Waals surface area contributed by atoms with E-state index < -0.39 is 0 Å². The molecule has 1 amide bonds. The molecule has 2 aromatic rings. The SMILES string of the molecule is COc1ccccc1Cc1cccc(C2CCCN(C3CCN(C(C)=O)CC3)C2)n1. The number of amides is 1. The highest BCUT2D eigenvalue weighted by molar-refractivity contribution is 5.73. The number of piperidine rings is 2. The van der Waals surface area contributed by atoms with Crippen molar-refractivity contribution in [3.05, 3.63) is 59.4 Å². The molecule has 2 aliphatic rings. The van der Waals surface area contributed by atoms with Crippen LogP contribution in [0.2, 0.25) is 0 Å². The molecule has 2 saturated heterocycles. The summed E-state index contributed by atoms with van der Waals surface area (Å²) < 4.78 is 5.51. The fraction of sp³-hybridized carbons (Fsp3) is 0.520. The molecule has 1 unspecified atom stereocenters. The minimum Gasteiger partial charge on any atom is -0.496 e. The fourth-order valence-electron chi connectivity index (χ4n) is 4.99. The topological polar surface area (TPSA) is 45.7 Å². The van der Waals surface area contributed by atoms with Crippen LogP contribution in [-0.2, 0) is 11.2 Å². The number of pyridine rings is 1. The molecule has 0 spiro atoms. The molecule has 1 aromatic carbocycles. The maximum atomic E-state index is 11.6. The zero-order chi connectivity index (χ0) is 20.9. The van der Waals surface area contributed by atoms with Gasteiger partial charge >= 0.3 is 0 Å². The molecule has 2 fully saturated rings. The highest BCUT2D eigenvalue weighted by Crippen LogP contribution is 2.30. The lowest BCUT2D eigenvalue weighted by Gasteiger charge is -2.42. The second-order valence-corrected chi connectivity index (χ2v) is 8.61. The average molecular weight is 408 g/mol. The van der Waals surface area contributed by atoms with E-state index in [0.29, 0.717) is 12.0 Å². The van der Waals surface area contributed by atoms with Crippen LogP contribution >= 0.6 is 0 Å². The Morgan fingerprint density at radius 2 is 1.87 bits per heavy atom. The number of benzene rings is 1. The first-order valence-corrected chi connectivity index (χ1v) is 11.2. The van der Waals surface area contributed by atoms with Crippen LogP contribution in [0.1, 0.15) is 55.5 Å². The highest BCUT2D eigenvalue weighted by atomic mass is 16.5. The summed E-state index contributed by atoms with van der Waals surface area (Å²) in [5.41, 5.74) is 3.49. The van der Waals surface area contributed by atoms with Gasteiger partial charge in [0.1, 0.15) is 5.75 Å². The van der Waals surface area contributed by atoms with Crippen molar-refractivity contribution in [2.45, 2.75) is 51.0 Å². The zero-order valence-electron chi connectivity index (χ0n) is 18.2. The third-order valence-corrected chi connectivity index (χ3v) is 6.69. The third kappa shape index (κ3) is 4.84. The fourth-order valence-corrected chi connectivity index (χ4v) is 4.99. The first-order chi connectivity index (χ1) is 14.6. The van der Waals surface area contributed by atoms with Gasteiger partial charge in [0, 0.05) is 61.9 Å². The first-order valence-electron chi connectivity index (χ1n) is 11.2. The van der Waals surface area contributed by atoms with Crippen molar-refractivity contribution < 1.29 is 9.53 Å². The summed E-state index contributed by atoms with van der Waals surface area (Å²) in [6.07, 6.45) is 5.39. The maximum Gasteiger partial charge on any atom is 0.219 e. The van der Waals surface area contributed by atoms with Gasteiger partial charge in [0.25, 0.3) is 0 Å². The molecule has 5 nitrogen and oxygen atoms in total. The molecule has 160 valence electrons. The number of carbonyl (C=O) groups excluding carboxylic acids is 1. The highest BCUT2D eigenvalue weighted by Gasteiger charge is 2.30. The Balaban J connectivity index is 1.41. The Bertz CT molecular complexity index is 861. The summed E-state index contributed by atoms with van der Waals surface area (Å²) in [6, 6.07) is 15.2. The van der Waals surface area contributed by atoms with E-state index in [-0.39, 0.29) is 5.91 Å². The number of hydrogen-bond acceptors (Lipinski definition) is 4. The second-order valence-electron chi connectivity index (χ2n) is 8.61. The van der Waals surface area contributed by atoms with Crippen molar-refractivity contribution >= 4 is 5.91 Å². The Morgan fingerprint density at radius 1 is 1.07 bits per heavy atom. The van der Waals surface area contributed by atoms with Crippen molar-refractivity contribution in [2.75, 3.05) is 33.3 Å². The van der Waals surface area contributed by atoms with Crippen molar-refractivity contribution in [2.24, 2.45) is 0 Å². The molecular weight excluding hydrogens is 374 g/mol. The molecule has 2 aliphatic heterocycles. The predicted molar refractivity (Wildman–Crippen MR) is 119 cm³/mol. The van der Waals surface area contributed by atoms with Gasteiger partial charge in [0.05, 0.1) is 7.11 Å². The third-order valence-electron chi connectivity index (χ3n) is 6.69. The van der Waals surface area contributed by atoms with Crippen LogP contribution < -0.4 is 4.74 Å². The average Bonchev–Trinajstić information content (AvgIpc) is 2.80. The van der Waals surface area contributed by atoms with E-state index in [1.165, 1.54) is 30.6 Å². The first kappa shape index (κ1) is 20.9. The number of carbonyl (C=O) groups is 1. The van der Waals surface area contributed by atoms with Crippen molar-refractivity contribution in [1.82, 2.24) is 14.8 Å². The molecule has 0 bridgehead atoms. The summed E-state index contributed by atoms with van der Waals surface area (Å²) in [5.74, 6) is 1.62. The lowest BCUT2D eigenvalue weighted by atomic mass is 9.91. The van der Waals surface area contributed by atoms with Gasteiger partial charge in [-0.15, -0.1) is 0 Å². The van der Waals surface area contributed by atoms with E-state index in [9.17, 15) is 4.79 Å². The Kier molecular flexibility index (Phi) is 6.68. The molecule has 0 aliphatic carbocycles. The second kappa shape index (κ2) is 9.61. The minimum absolute atomic E-state index is 0.209. The Labute approximate surface area is 180 Å². The number of hydrogen-bond donors (Lipinski definition) is 0. The maximum absolute atomic E-state index is 11.6. The molecule has 4 rings (SSSR count). The number of ether oxygens (including phenoxy) is 1. The molecule has 0 radical (unpaired) electrons. The normalized spacial score (nSPS) is 20.9. The summed E-state index contributed by atoms with van der Waals surface area (Å²) in [6.45, 7) is 5.72. The van der Waals surface area contributed by atoms with E-state index in [2.05, 4.69) is 35.2 Å². The van der Waals surface area contributed by atoms with Gasteiger partial charge < -0.3 is 9.64 Å². The lowest BCUT2D eigenvalue weighted by Crippen LogP contribution is -2.49. The largest absolute Gasteiger partial charge is 0.496 e. The number of rotatable bonds is 5. The van der Waals surface area contributed by atoms with Crippen LogP contribution in [-0.4, -0.2) is 60.0 Å². The summed E-state index contributed by atoms with van der Waals surface area (Å²) in [4.78, 5) is 21.3. The molecule has 30 heavy (non-hydrogen) atoms. The van der Waals surface area contributed by atoms with Crippen molar-refractivity contribution in [1.29, 1.82) is 0 Å². The van der Waals surface area contributed by atoms with E-state index >= 15 is 0 Å². The monoisotopic (exact) mass is 407 g/mol. The van der Waals surface area contributed by atoms with Crippen LogP contribution in [0, 0.1) is 0 Å². The summed E-state index contributed by atoms with van der Waals surface area (Å²) >= 11 is 0. The molecular formula is C25H33N3O2. The quantitative estimate of drug-likeness (QED) is 0.755. The van der Waals surface area contributed by atoms with Crippen molar-refractivity contribution in [3.63, 3.8) is 0 Å². The molecule has 3 heterocycles. The molecule has 1 aromatic heterocycles. The predicted octanol–water partition coefficient (Wildman–Crippen LogP) is 3.87. The molecule has 1 atom stereocenters. The molecule has 0 saturated carbocycles. The van der Waals surface area contributed by atoms with Gasteiger partial charge in [0.2, 0.25) is 5.91 Å². The van der Waals surface area contributed by atoms with Crippen LogP contribution in [0.4, 0.5) is 0 Å². The van der Waals surface area contributed by atoms with Crippen LogP contribution in [0.15, 0.2) is 42.5 Å². The number of para-hydroxylation sites is 1. The van der Waals surface area contributed by atoms with Crippen LogP contribution in [0.5, 0.6) is 5.75 Å². The Hall–Kier alpha value is -2.40. The van der Waals surface area contributed by atoms with Gasteiger partial charge in [-0.2, -0.15) is 0 Å². The smallest absolute Gasteiger partial charge is 0.219 e. The van der Waals surface area contributed by atoms with Crippen LogP contribution in [0.3, 0.4) is 0 Å². The van der Waals surface area contributed by atoms with Gasteiger partial charge in [0.15, 0.2) is 0 Å². The standard InChI is InChI=1S/C25H33N3O2/c1-19(29)27-15-12-23(13-16-27)28-14-6-8-21(18-28)24-10-5-9-22(26-24)17-20-7-3-4-11-25(20)30-2/h3-5,7,9-11,21,23H,6,8,12-18H2,1-2H3. The van der Waals surface area contributed by atoms with Crippen LogP contribution in [0.25, 0.3) is 0 Å². The summed E-state index contributed by atoms with van der Waals surface area (Å²) in [5, 5.41) is 0. The number of nitrogens with zero attached hydrogens (tertiary/aromatic N) is 3. The van der Waals surface area contributed by atoms with Gasteiger partial charge in [-0.3, -0.25) is 14.7 Å².